The quantitative estimate of drug-likeness (QED) is 0.713. The van der Waals surface area contributed by atoms with E-state index in [-0.39, 0.29) is 22.3 Å². The van der Waals surface area contributed by atoms with Gasteiger partial charge in [0.25, 0.3) is 10.1 Å². The predicted octanol–water partition coefficient (Wildman–Crippen LogP) is 2.06. The smallest absolute Gasteiger partial charge is 0.335 e. The number of aromatic carboxylic acids is 2. The van der Waals surface area contributed by atoms with E-state index in [0.717, 1.165) is 0 Å². The highest BCUT2D eigenvalue weighted by Gasteiger charge is 2.27. The molecule has 23 heavy (non-hydrogen) atoms. The van der Waals surface area contributed by atoms with Crippen LogP contribution in [0.4, 0.5) is 0 Å². The van der Waals surface area contributed by atoms with Gasteiger partial charge in [-0.15, -0.1) is 0 Å². The van der Waals surface area contributed by atoms with Crippen LogP contribution in [0.2, 0.25) is 0 Å². The minimum Gasteiger partial charge on any atom is -0.478 e. The van der Waals surface area contributed by atoms with E-state index in [2.05, 4.69) is 0 Å². The van der Waals surface area contributed by atoms with Crippen molar-refractivity contribution in [1.29, 1.82) is 0 Å². The third-order valence-electron chi connectivity index (χ3n) is 3.22. The van der Waals surface area contributed by atoms with Gasteiger partial charge < -0.3 is 10.2 Å². The minimum atomic E-state index is -4.53. The molecule has 0 saturated heterocycles. The molecule has 0 aliphatic rings. The molecule has 120 valence electrons. The van der Waals surface area contributed by atoms with Gasteiger partial charge in [-0.2, -0.15) is 8.42 Å². The highest BCUT2D eigenvalue weighted by atomic mass is 32.2. The van der Waals surface area contributed by atoms with Crippen LogP contribution in [0.3, 0.4) is 0 Å². The van der Waals surface area contributed by atoms with Gasteiger partial charge in [-0.1, -0.05) is 24.3 Å². The van der Waals surface area contributed by atoms with Crippen molar-refractivity contribution in [2.24, 2.45) is 0 Å². The van der Waals surface area contributed by atoms with Crippen LogP contribution >= 0.6 is 0 Å². The zero-order chi connectivity index (χ0) is 17.2. The molecule has 0 saturated carbocycles. The van der Waals surface area contributed by atoms with Crippen LogP contribution in [0.25, 0.3) is 0 Å². The van der Waals surface area contributed by atoms with Crippen LogP contribution in [0.1, 0.15) is 37.1 Å². The lowest BCUT2D eigenvalue weighted by atomic mass is 10.0. The molecule has 0 amide bonds. The monoisotopic (exact) mass is 336 g/mol. The zero-order valence-corrected chi connectivity index (χ0v) is 12.4. The molecule has 2 aromatic carbocycles. The van der Waals surface area contributed by atoms with Gasteiger partial charge in [0.05, 0.1) is 11.1 Å². The van der Waals surface area contributed by atoms with Gasteiger partial charge in [0.15, 0.2) is 0 Å². The lowest BCUT2D eigenvalue weighted by Crippen LogP contribution is -2.14. The molecular formula is C15H12O7S. The Balaban J connectivity index is 2.49. The first-order valence-corrected chi connectivity index (χ1v) is 7.83. The largest absolute Gasteiger partial charge is 0.478 e. The third kappa shape index (κ3) is 3.74. The maximum Gasteiger partial charge on any atom is 0.335 e. The van der Waals surface area contributed by atoms with Crippen molar-refractivity contribution in [2.75, 3.05) is 0 Å². The number of carboxylic acid groups (broad SMARTS) is 2. The van der Waals surface area contributed by atoms with E-state index in [4.69, 9.17) is 10.2 Å². The maximum absolute atomic E-state index is 11.7. The van der Waals surface area contributed by atoms with Gasteiger partial charge in [-0.05, 0) is 35.4 Å². The van der Waals surface area contributed by atoms with Crippen LogP contribution in [0.15, 0.2) is 48.5 Å². The fraction of sp³-hybridized carbons (Fsp3) is 0.0667. The molecule has 0 aliphatic heterocycles. The summed E-state index contributed by atoms with van der Waals surface area (Å²) >= 11 is 0. The van der Waals surface area contributed by atoms with Gasteiger partial charge in [0, 0.05) is 0 Å². The molecule has 7 nitrogen and oxygen atoms in total. The van der Waals surface area contributed by atoms with Gasteiger partial charge in [-0.25, -0.2) is 9.59 Å². The van der Waals surface area contributed by atoms with E-state index in [1.807, 2.05) is 0 Å². The number of benzene rings is 2. The third-order valence-corrected chi connectivity index (χ3v) is 4.36. The van der Waals surface area contributed by atoms with Crippen molar-refractivity contribution in [3.63, 3.8) is 0 Å². The summed E-state index contributed by atoms with van der Waals surface area (Å²) in [5.41, 5.74) is 0.286. The summed E-state index contributed by atoms with van der Waals surface area (Å²) in [6.45, 7) is 0. The van der Waals surface area contributed by atoms with E-state index in [0.29, 0.717) is 0 Å². The molecule has 0 aliphatic carbocycles. The van der Waals surface area contributed by atoms with Crippen molar-refractivity contribution < 1.29 is 32.8 Å². The average Bonchev–Trinajstić information content (AvgIpc) is 2.47. The van der Waals surface area contributed by atoms with E-state index < -0.39 is 27.3 Å². The van der Waals surface area contributed by atoms with Crippen LogP contribution in [0.5, 0.6) is 0 Å². The molecule has 0 radical (unpaired) electrons. The Morgan fingerprint density at radius 2 is 1.04 bits per heavy atom. The second-order valence-corrected chi connectivity index (χ2v) is 6.25. The Bertz CT molecular complexity index is 779. The molecule has 0 aromatic heterocycles. The van der Waals surface area contributed by atoms with E-state index in [1.54, 1.807) is 0 Å². The summed E-state index contributed by atoms with van der Waals surface area (Å²) in [5, 5.41) is 16.3. The van der Waals surface area contributed by atoms with E-state index >= 15 is 0 Å². The molecule has 0 spiro atoms. The molecule has 0 atom stereocenters. The Morgan fingerprint density at radius 3 is 1.26 bits per heavy atom. The van der Waals surface area contributed by atoms with Crippen molar-refractivity contribution in [3.05, 3.63) is 70.8 Å². The first kappa shape index (κ1) is 16.7. The Kier molecular flexibility index (Phi) is 4.48. The van der Waals surface area contributed by atoms with Crippen LogP contribution in [0, 0.1) is 0 Å². The fourth-order valence-corrected chi connectivity index (χ4v) is 3.14. The highest BCUT2D eigenvalue weighted by Crippen LogP contribution is 2.30. The van der Waals surface area contributed by atoms with Crippen LogP contribution in [-0.4, -0.2) is 35.1 Å². The highest BCUT2D eigenvalue weighted by molar-refractivity contribution is 7.86. The number of carboxylic acids is 2. The number of hydrogen-bond donors (Lipinski definition) is 3. The van der Waals surface area contributed by atoms with E-state index in [9.17, 15) is 22.6 Å². The number of hydrogen-bond acceptors (Lipinski definition) is 4. The number of carbonyl (C=O) groups is 2. The Hall–Kier alpha value is -2.71. The SMILES string of the molecule is O=C(O)c1ccc(C(c2ccc(C(=O)O)cc2)S(=O)(=O)O)cc1. The summed E-state index contributed by atoms with van der Waals surface area (Å²) in [7, 11) is -4.53. The molecule has 0 heterocycles. The summed E-state index contributed by atoms with van der Waals surface area (Å²) in [5.74, 6) is -2.32. The standard InChI is InChI=1S/C15H12O7S/c16-14(17)11-5-1-9(2-6-11)13(23(20,21)22)10-3-7-12(8-4-10)15(18)19/h1-8,13H,(H,16,17)(H,18,19)(H,20,21,22). The molecule has 0 unspecified atom stereocenters. The first-order chi connectivity index (χ1) is 10.7. The Morgan fingerprint density at radius 1 is 0.739 bits per heavy atom. The molecule has 0 bridgehead atoms. The normalized spacial score (nSPS) is 11.4. The van der Waals surface area contributed by atoms with E-state index in [1.165, 1.54) is 48.5 Å². The summed E-state index contributed by atoms with van der Waals surface area (Å²) in [6.07, 6.45) is 0. The molecular weight excluding hydrogens is 324 g/mol. The van der Waals surface area contributed by atoms with Crippen molar-refractivity contribution in [2.45, 2.75) is 5.25 Å². The molecule has 2 rings (SSSR count). The van der Waals surface area contributed by atoms with Gasteiger partial charge >= 0.3 is 11.9 Å². The summed E-state index contributed by atoms with van der Waals surface area (Å²) in [6, 6.07) is 10.0. The first-order valence-electron chi connectivity index (χ1n) is 6.33. The van der Waals surface area contributed by atoms with Crippen molar-refractivity contribution in [3.8, 4) is 0 Å². The lowest BCUT2D eigenvalue weighted by molar-refractivity contribution is 0.0686. The molecule has 3 N–H and O–H groups in total. The summed E-state index contributed by atoms with van der Waals surface area (Å²) < 4.78 is 32.9. The Labute approximate surface area is 131 Å². The van der Waals surface area contributed by atoms with Crippen molar-refractivity contribution in [1.82, 2.24) is 0 Å². The molecule has 0 fully saturated rings. The second-order valence-electron chi connectivity index (χ2n) is 4.75. The fourth-order valence-electron chi connectivity index (χ4n) is 2.14. The number of rotatable bonds is 5. The lowest BCUT2D eigenvalue weighted by Gasteiger charge is -2.15. The van der Waals surface area contributed by atoms with Crippen LogP contribution in [-0.2, 0) is 10.1 Å². The zero-order valence-electron chi connectivity index (χ0n) is 11.6. The van der Waals surface area contributed by atoms with Crippen molar-refractivity contribution >= 4 is 22.1 Å². The van der Waals surface area contributed by atoms with Gasteiger partial charge in [0.1, 0.15) is 5.25 Å². The van der Waals surface area contributed by atoms with Crippen LogP contribution < -0.4 is 0 Å². The maximum atomic E-state index is 11.7. The van der Waals surface area contributed by atoms with Gasteiger partial charge in [0.2, 0.25) is 0 Å². The van der Waals surface area contributed by atoms with Gasteiger partial charge in [-0.3, -0.25) is 4.55 Å². The predicted molar refractivity (Wildman–Crippen MR) is 80.2 cm³/mol. The summed E-state index contributed by atoms with van der Waals surface area (Å²) in [4.78, 5) is 21.7. The second kappa shape index (κ2) is 6.19. The average molecular weight is 336 g/mol. The minimum absolute atomic E-state index is 0.0240. The topological polar surface area (TPSA) is 129 Å². The molecule has 8 heteroatoms. The molecule has 2 aromatic rings.